The van der Waals surface area contributed by atoms with Gasteiger partial charge in [0.05, 0.1) is 0 Å². The summed E-state index contributed by atoms with van der Waals surface area (Å²) in [6, 6.07) is 0. The molecule has 100 valence electrons. The molecule has 0 saturated carbocycles. The quantitative estimate of drug-likeness (QED) is 0.778. The zero-order chi connectivity index (χ0) is 13.6. The molecule has 1 aromatic rings. The molecule has 0 spiro atoms. The van der Waals surface area contributed by atoms with Gasteiger partial charge in [0.2, 0.25) is 5.95 Å². The minimum absolute atomic E-state index is 0.0100. The van der Waals surface area contributed by atoms with Gasteiger partial charge in [0.25, 0.3) is 0 Å². The van der Waals surface area contributed by atoms with Crippen LogP contribution in [0.4, 0.5) is 5.95 Å². The Hall–Kier alpha value is -1.65. The Morgan fingerprint density at radius 3 is 2.50 bits per heavy atom. The second-order valence-electron chi connectivity index (χ2n) is 5.32. The highest BCUT2D eigenvalue weighted by Gasteiger charge is 2.18. The van der Waals surface area contributed by atoms with Gasteiger partial charge in [0.15, 0.2) is 0 Å². The highest BCUT2D eigenvalue weighted by molar-refractivity contribution is 5.66. The Labute approximate surface area is 108 Å². The standard InChI is InChI=1S/C13H21N3O2/c1-10-8-15-12(16-9-10)14-7-6-13(2,3)5-4-11(17)18/h8-9H,4-7H2,1-3H3,(H,17,18)(H,14,15,16). The average molecular weight is 251 g/mol. The van der Waals surface area contributed by atoms with Gasteiger partial charge in [0.1, 0.15) is 0 Å². The molecule has 1 heterocycles. The van der Waals surface area contributed by atoms with Crippen molar-refractivity contribution < 1.29 is 9.90 Å². The Morgan fingerprint density at radius 2 is 1.94 bits per heavy atom. The molecule has 2 N–H and O–H groups in total. The summed E-state index contributed by atoms with van der Waals surface area (Å²) >= 11 is 0. The fourth-order valence-corrected chi connectivity index (χ4v) is 1.57. The highest BCUT2D eigenvalue weighted by atomic mass is 16.4. The van der Waals surface area contributed by atoms with Crippen LogP contribution < -0.4 is 5.32 Å². The number of carboxylic acid groups (broad SMARTS) is 1. The third-order valence-corrected chi connectivity index (χ3v) is 2.88. The zero-order valence-corrected chi connectivity index (χ0v) is 11.2. The van der Waals surface area contributed by atoms with Crippen LogP contribution in [0.25, 0.3) is 0 Å². The second kappa shape index (κ2) is 6.33. The third-order valence-electron chi connectivity index (χ3n) is 2.88. The van der Waals surface area contributed by atoms with Crippen molar-refractivity contribution in [2.45, 2.75) is 40.0 Å². The van der Waals surface area contributed by atoms with Crippen molar-refractivity contribution in [3.8, 4) is 0 Å². The lowest BCUT2D eigenvalue weighted by molar-refractivity contribution is -0.137. The summed E-state index contributed by atoms with van der Waals surface area (Å²) in [5, 5.41) is 11.8. The molecule has 1 aromatic heterocycles. The van der Waals surface area contributed by atoms with Crippen molar-refractivity contribution >= 4 is 11.9 Å². The number of rotatable bonds is 7. The topological polar surface area (TPSA) is 75.1 Å². The minimum atomic E-state index is -0.738. The molecule has 0 amide bonds. The fraction of sp³-hybridized carbons (Fsp3) is 0.615. The van der Waals surface area contributed by atoms with Gasteiger partial charge in [-0.3, -0.25) is 4.79 Å². The summed E-state index contributed by atoms with van der Waals surface area (Å²) in [6.07, 6.45) is 5.32. The SMILES string of the molecule is Cc1cnc(NCCC(C)(C)CCC(=O)O)nc1. The number of nitrogens with one attached hydrogen (secondary N) is 1. The lowest BCUT2D eigenvalue weighted by atomic mass is 9.84. The van der Waals surface area contributed by atoms with Crippen LogP contribution in [0.15, 0.2) is 12.4 Å². The maximum atomic E-state index is 10.5. The van der Waals surface area contributed by atoms with E-state index in [1.165, 1.54) is 0 Å². The van der Waals surface area contributed by atoms with Gasteiger partial charge in [-0.25, -0.2) is 9.97 Å². The van der Waals surface area contributed by atoms with E-state index in [0.717, 1.165) is 18.5 Å². The molecule has 0 saturated heterocycles. The van der Waals surface area contributed by atoms with Gasteiger partial charge in [-0.2, -0.15) is 0 Å². The number of anilines is 1. The van der Waals surface area contributed by atoms with Crippen LogP contribution in [0.2, 0.25) is 0 Å². The van der Waals surface area contributed by atoms with Gasteiger partial charge < -0.3 is 10.4 Å². The summed E-state index contributed by atoms with van der Waals surface area (Å²) < 4.78 is 0. The van der Waals surface area contributed by atoms with Crippen LogP contribution in [-0.4, -0.2) is 27.6 Å². The molecule has 0 aromatic carbocycles. The van der Waals surface area contributed by atoms with E-state index in [4.69, 9.17) is 5.11 Å². The molecule has 0 aliphatic carbocycles. The van der Waals surface area contributed by atoms with Gasteiger partial charge in [-0.15, -0.1) is 0 Å². The van der Waals surface area contributed by atoms with E-state index in [9.17, 15) is 4.79 Å². The molecule has 0 atom stereocenters. The molecule has 18 heavy (non-hydrogen) atoms. The predicted octanol–water partition coefficient (Wildman–Crippen LogP) is 2.48. The minimum Gasteiger partial charge on any atom is -0.481 e. The molecule has 5 nitrogen and oxygen atoms in total. The van der Waals surface area contributed by atoms with E-state index in [-0.39, 0.29) is 11.8 Å². The van der Waals surface area contributed by atoms with Crippen LogP contribution in [0.1, 0.15) is 38.7 Å². The summed E-state index contributed by atoms with van der Waals surface area (Å²) in [5.41, 5.74) is 1.04. The van der Waals surface area contributed by atoms with Crippen LogP contribution in [0.5, 0.6) is 0 Å². The first-order valence-corrected chi connectivity index (χ1v) is 6.13. The Morgan fingerprint density at radius 1 is 1.33 bits per heavy atom. The summed E-state index contributed by atoms with van der Waals surface area (Å²) in [6.45, 7) is 6.84. The number of carboxylic acids is 1. The van der Waals surface area contributed by atoms with Crippen molar-refractivity contribution in [3.63, 3.8) is 0 Å². The molecular formula is C13H21N3O2. The molecular weight excluding hydrogens is 230 g/mol. The second-order valence-corrected chi connectivity index (χ2v) is 5.32. The molecule has 0 aliphatic rings. The van der Waals surface area contributed by atoms with Crippen LogP contribution in [-0.2, 0) is 4.79 Å². The smallest absolute Gasteiger partial charge is 0.303 e. The third kappa shape index (κ3) is 5.61. The largest absolute Gasteiger partial charge is 0.481 e. The first-order valence-electron chi connectivity index (χ1n) is 6.13. The van der Waals surface area contributed by atoms with Crippen LogP contribution in [0, 0.1) is 12.3 Å². The van der Waals surface area contributed by atoms with Crippen molar-refractivity contribution in [2.24, 2.45) is 5.41 Å². The Kier molecular flexibility index (Phi) is 5.07. The number of nitrogens with zero attached hydrogens (tertiary/aromatic N) is 2. The van der Waals surface area contributed by atoms with Gasteiger partial charge >= 0.3 is 5.97 Å². The molecule has 0 fully saturated rings. The maximum Gasteiger partial charge on any atom is 0.303 e. The first kappa shape index (κ1) is 14.4. The first-order chi connectivity index (χ1) is 8.39. The number of aliphatic carboxylic acids is 1. The number of aryl methyl sites for hydroxylation is 1. The summed E-state index contributed by atoms with van der Waals surface area (Å²) in [5.74, 6) is -0.118. The van der Waals surface area contributed by atoms with Crippen molar-refractivity contribution in [3.05, 3.63) is 18.0 Å². The normalized spacial score (nSPS) is 11.3. The summed E-state index contributed by atoms with van der Waals surface area (Å²) in [7, 11) is 0. The lowest BCUT2D eigenvalue weighted by Crippen LogP contribution is -2.19. The van der Waals surface area contributed by atoms with E-state index in [1.54, 1.807) is 12.4 Å². The molecule has 0 bridgehead atoms. The summed E-state index contributed by atoms with van der Waals surface area (Å²) in [4.78, 5) is 18.8. The lowest BCUT2D eigenvalue weighted by Gasteiger charge is -2.23. The Balaban J connectivity index is 2.31. The van der Waals surface area contributed by atoms with Crippen LogP contribution in [0.3, 0.4) is 0 Å². The zero-order valence-electron chi connectivity index (χ0n) is 11.2. The Bertz CT molecular complexity index is 388. The predicted molar refractivity (Wildman–Crippen MR) is 70.5 cm³/mol. The van der Waals surface area contributed by atoms with E-state index in [1.807, 2.05) is 6.92 Å². The van der Waals surface area contributed by atoms with Crippen molar-refractivity contribution in [1.82, 2.24) is 9.97 Å². The highest BCUT2D eigenvalue weighted by Crippen LogP contribution is 2.26. The molecule has 0 unspecified atom stereocenters. The van der Waals surface area contributed by atoms with Crippen LogP contribution >= 0.6 is 0 Å². The fourth-order valence-electron chi connectivity index (χ4n) is 1.57. The van der Waals surface area contributed by atoms with Crippen molar-refractivity contribution in [2.75, 3.05) is 11.9 Å². The average Bonchev–Trinajstić information content (AvgIpc) is 2.29. The molecule has 1 rings (SSSR count). The molecule has 0 radical (unpaired) electrons. The monoisotopic (exact) mass is 251 g/mol. The van der Waals surface area contributed by atoms with Gasteiger partial charge in [-0.1, -0.05) is 13.8 Å². The van der Waals surface area contributed by atoms with Gasteiger partial charge in [0, 0.05) is 25.4 Å². The number of carbonyl (C=O) groups is 1. The molecule has 0 aliphatic heterocycles. The molecule has 5 heteroatoms. The van der Waals surface area contributed by atoms with E-state index >= 15 is 0 Å². The van der Waals surface area contributed by atoms with Gasteiger partial charge in [-0.05, 0) is 30.7 Å². The van der Waals surface area contributed by atoms with E-state index in [2.05, 4.69) is 29.1 Å². The number of hydrogen-bond donors (Lipinski definition) is 2. The van der Waals surface area contributed by atoms with E-state index < -0.39 is 5.97 Å². The van der Waals surface area contributed by atoms with E-state index in [0.29, 0.717) is 12.4 Å². The number of hydrogen-bond acceptors (Lipinski definition) is 4. The van der Waals surface area contributed by atoms with Crippen molar-refractivity contribution in [1.29, 1.82) is 0 Å². The maximum absolute atomic E-state index is 10.5. The number of aromatic nitrogens is 2.